The van der Waals surface area contributed by atoms with Gasteiger partial charge < -0.3 is 10.4 Å². The van der Waals surface area contributed by atoms with E-state index < -0.39 is 39.9 Å². The van der Waals surface area contributed by atoms with Gasteiger partial charge in [-0.3, -0.25) is 14.9 Å². The number of rotatable bonds is 5. The average Bonchev–Trinajstić information content (AvgIpc) is 2.34. The molecular formula is C11H11FN2O5. The highest BCUT2D eigenvalue weighted by Crippen LogP contribution is 2.19. The molecule has 0 spiro atoms. The van der Waals surface area contributed by atoms with Crippen LogP contribution in [0.3, 0.4) is 0 Å². The second-order valence-corrected chi connectivity index (χ2v) is 3.69. The van der Waals surface area contributed by atoms with Crippen molar-refractivity contribution in [3.63, 3.8) is 0 Å². The Morgan fingerprint density at radius 2 is 2.16 bits per heavy atom. The van der Waals surface area contributed by atoms with Gasteiger partial charge in [0.2, 0.25) is 0 Å². The van der Waals surface area contributed by atoms with Crippen molar-refractivity contribution in [3.05, 3.63) is 39.7 Å². The van der Waals surface area contributed by atoms with E-state index in [0.717, 1.165) is 12.1 Å². The van der Waals surface area contributed by atoms with Crippen LogP contribution in [0.5, 0.6) is 0 Å². The van der Waals surface area contributed by atoms with Gasteiger partial charge in [0.25, 0.3) is 11.6 Å². The Morgan fingerprint density at radius 1 is 1.53 bits per heavy atom. The van der Waals surface area contributed by atoms with E-state index in [1.54, 1.807) is 0 Å². The van der Waals surface area contributed by atoms with E-state index >= 15 is 0 Å². The molecule has 0 saturated heterocycles. The third kappa shape index (κ3) is 3.47. The summed E-state index contributed by atoms with van der Waals surface area (Å²) in [5, 5.41) is 21.6. The third-order valence-corrected chi connectivity index (χ3v) is 2.41. The summed E-state index contributed by atoms with van der Waals surface area (Å²) in [5.41, 5.74) is -1.09. The minimum absolute atomic E-state index is 0.101. The van der Waals surface area contributed by atoms with E-state index in [-0.39, 0.29) is 6.42 Å². The van der Waals surface area contributed by atoms with Gasteiger partial charge in [0.1, 0.15) is 17.4 Å². The number of amides is 1. The van der Waals surface area contributed by atoms with Gasteiger partial charge in [-0.2, -0.15) is 0 Å². The lowest BCUT2D eigenvalue weighted by Crippen LogP contribution is -2.40. The summed E-state index contributed by atoms with van der Waals surface area (Å²) < 4.78 is 13.0. The van der Waals surface area contributed by atoms with E-state index in [9.17, 15) is 24.1 Å². The van der Waals surface area contributed by atoms with Gasteiger partial charge in [0.15, 0.2) is 0 Å². The lowest BCUT2D eigenvalue weighted by atomic mass is 10.1. The molecule has 1 amide bonds. The SMILES string of the molecule is CC[C@@H](NC(=O)c1cc(F)ccc1[N+](=O)[O-])C(=O)O. The molecule has 0 radical (unpaired) electrons. The van der Waals surface area contributed by atoms with E-state index in [1.807, 2.05) is 0 Å². The number of hydrogen-bond acceptors (Lipinski definition) is 4. The maximum absolute atomic E-state index is 13.0. The monoisotopic (exact) mass is 270 g/mol. The number of carboxylic acids is 1. The quantitative estimate of drug-likeness (QED) is 0.619. The van der Waals surface area contributed by atoms with Crippen LogP contribution in [0.15, 0.2) is 18.2 Å². The Balaban J connectivity index is 3.08. The fraction of sp³-hybridized carbons (Fsp3) is 0.273. The molecule has 102 valence electrons. The first-order chi connectivity index (χ1) is 8.86. The zero-order valence-corrected chi connectivity index (χ0v) is 9.92. The summed E-state index contributed by atoms with van der Waals surface area (Å²) in [6.45, 7) is 1.53. The first-order valence-corrected chi connectivity index (χ1v) is 5.34. The van der Waals surface area contributed by atoms with Crippen LogP contribution in [0.25, 0.3) is 0 Å². The summed E-state index contributed by atoms with van der Waals surface area (Å²) in [5.74, 6) is -3.09. The van der Waals surface area contributed by atoms with E-state index in [1.165, 1.54) is 6.92 Å². The molecule has 1 aromatic rings. The fourth-order valence-corrected chi connectivity index (χ4v) is 1.42. The zero-order valence-electron chi connectivity index (χ0n) is 9.92. The Morgan fingerprint density at radius 3 is 2.63 bits per heavy atom. The molecule has 0 saturated carbocycles. The number of hydrogen-bond donors (Lipinski definition) is 2. The molecule has 0 fully saturated rings. The molecule has 0 aliphatic heterocycles. The molecule has 1 aromatic carbocycles. The Labute approximate surface area is 107 Å². The fourth-order valence-electron chi connectivity index (χ4n) is 1.42. The maximum atomic E-state index is 13.0. The first kappa shape index (κ1) is 14.6. The number of nitro benzene ring substituents is 1. The molecule has 0 unspecified atom stereocenters. The summed E-state index contributed by atoms with van der Waals surface area (Å²) in [6, 6.07) is 1.22. The number of carboxylic acid groups (broad SMARTS) is 1. The van der Waals surface area contributed by atoms with Crippen LogP contribution >= 0.6 is 0 Å². The molecule has 19 heavy (non-hydrogen) atoms. The number of carbonyl (C=O) groups is 2. The van der Waals surface area contributed by atoms with Crippen molar-refractivity contribution < 1.29 is 24.0 Å². The zero-order chi connectivity index (χ0) is 14.6. The van der Waals surface area contributed by atoms with E-state index in [4.69, 9.17) is 5.11 Å². The van der Waals surface area contributed by atoms with Gasteiger partial charge in [-0.25, -0.2) is 9.18 Å². The first-order valence-electron chi connectivity index (χ1n) is 5.34. The predicted molar refractivity (Wildman–Crippen MR) is 62.2 cm³/mol. The van der Waals surface area contributed by atoms with Gasteiger partial charge in [-0.1, -0.05) is 6.92 Å². The number of benzene rings is 1. The summed E-state index contributed by atoms with van der Waals surface area (Å²) in [7, 11) is 0. The largest absolute Gasteiger partial charge is 0.480 e. The lowest BCUT2D eigenvalue weighted by molar-refractivity contribution is -0.385. The van der Waals surface area contributed by atoms with Gasteiger partial charge in [-0.05, 0) is 18.6 Å². The van der Waals surface area contributed by atoms with Crippen LogP contribution in [-0.4, -0.2) is 27.9 Å². The third-order valence-electron chi connectivity index (χ3n) is 2.41. The number of nitrogens with one attached hydrogen (secondary N) is 1. The number of nitro groups is 1. The second kappa shape index (κ2) is 5.89. The summed E-state index contributed by atoms with van der Waals surface area (Å²) >= 11 is 0. The van der Waals surface area contributed by atoms with E-state index in [0.29, 0.717) is 6.07 Å². The van der Waals surface area contributed by atoms with Gasteiger partial charge in [-0.15, -0.1) is 0 Å². The lowest BCUT2D eigenvalue weighted by Gasteiger charge is -2.12. The molecule has 8 heteroatoms. The van der Waals surface area contributed by atoms with Crippen molar-refractivity contribution in [1.29, 1.82) is 0 Å². The standard InChI is InChI=1S/C11H11FN2O5/c1-2-8(11(16)17)13-10(15)7-5-6(12)3-4-9(7)14(18)19/h3-5,8H,2H2,1H3,(H,13,15)(H,16,17)/t8-/m1/s1. The molecule has 0 aliphatic rings. The number of halogens is 1. The van der Waals surface area contributed by atoms with Crippen molar-refractivity contribution in [2.75, 3.05) is 0 Å². The normalized spacial score (nSPS) is 11.7. The smallest absolute Gasteiger partial charge is 0.326 e. The topological polar surface area (TPSA) is 110 Å². The Kier molecular flexibility index (Phi) is 4.51. The molecule has 1 atom stereocenters. The number of carbonyl (C=O) groups excluding carboxylic acids is 1. The van der Waals surface area contributed by atoms with Crippen molar-refractivity contribution >= 4 is 17.6 Å². The van der Waals surface area contributed by atoms with Crippen LogP contribution in [-0.2, 0) is 4.79 Å². The molecule has 1 rings (SSSR count). The minimum Gasteiger partial charge on any atom is -0.480 e. The number of aliphatic carboxylic acids is 1. The predicted octanol–water partition coefficient (Wildman–Crippen LogP) is 1.33. The van der Waals surface area contributed by atoms with Gasteiger partial charge in [0.05, 0.1) is 4.92 Å². The summed E-state index contributed by atoms with van der Waals surface area (Å²) in [4.78, 5) is 32.4. The second-order valence-electron chi connectivity index (χ2n) is 3.69. The van der Waals surface area contributed by atoms with Crippen LogP contribution in [0.4, 0.5) is 10.1 Å². The van der Waals surface area contributed by atoms with Crippen LogP contribution in [0.2, 0.25) is 0 Å². The average molecular weight is 270 g/mol. The van der Waals surface area contributed by atoms with E-state index in [2.05, 4.69) is 5.32 Å². The molecule has 0 aromatic heterocycles. The highest BCUT2D eigenvalue weighted by Gasteiger charge is 2.24. The maximum Gasteiger partial charge on any atom is 0.326 e. The Bertz CT molecular complexity index is 532. The van der Waals surface area contributed by atoms with Gasteiger partial charge in [0, 0.05) is 6.07 Å². The highest BCUT2D eigenvalue weighted by molar-refractivity contribution is 5.99. The van der Waals surface area contributed by atoms with Crippen molar-refractivity contribution in [2.24, 2.45) is 0 Å². The summed E-state index contributed by atoms with van der Waals surface area (Å²) in [6.07, 6.45) is 0.101. The van der Waals surface area contributed by atoms with Crippen LogP contribution in [0, 0.1) is 15.9 Å². The molecular weight excluding hydrogens is 259 g/mol. The highest BCUT2D eigenvalue weighted by atomic mass is 19.1. The minimum atomic E-state index is -1.27. The van der Waals surface area contributed by atoms with Crippen LogP contribution in [0.1, 0.15) is 23.7 Å². The van der Waals surface area contributed by atoms with Gasteiger partial charge >= 0.3 is 5.97 Å². The molecule has 7 nitrogen and oxygen atoms in total. The number of nitrogens with zero attached hydrogens (tertiary/aromatic N) is 1. The van der Waals surface area contributed by atoms with Crippen LogP contribution < -0.4 is 5.32 Å². The molecule has 0 heterocycles. The molecule has 2 N–H and O–H groups in total. The van der Waals surface area contributed by atoms with Crippen molar-refractivity contribution in [1.82, 2.24) is 5.32 Å². The molecule has 0 aliphatic carbocycles. The van der Waals surface area contributed by atoms with Crippen molar-refractivity contribution in [2.45, 2.75) is 19.4 Å². The van der Waals surface area contributed by atoms with Crippen molar-refractivity contribution in [3.8, 4) is 0 Å². The Hall–Kier alpha value is -2.51. The molecule has 0 bridgehead atoms.